The molecule has 2 nitrogen and oxygen atoms in total. The van der Waals surface area contributed by atoms with Crippen LogP contribution in [0, 0.1) is 11.6 Å². The van der Waals surface area contributed by atoms with E-state index in [1.807, 2.05) is 18.2 Å². The molecule has 0 atom stereocenters. The maximum absolute atomic E-state index is 13.5. The standard InChI is InChI=1S/C16H12F2O2/c1-11(14-9-13(17)7-8-15(14)18)16(19)20-10-12-5-3-2-4-6-12/h2-9H,1,10H2. The third-order valence-corrected chi connectivity index (χ3v) is 2.71. The number of hydrogen-bond donors (Lipinski definition) is 0. The molecule has 0 saturated carbocycles. The lowest BCUT2D eigenvalue weighted by atomic mass is 10.1. The van der Waals surface area contributed by atoms with Gasteiger partial charge in [0.1, 0.15) is 18.2 Å². The van der Waals surface area contributed by atoms with Crippen LogP contribution in [0.2, 0.25) is 0 Å². The minimum absolute atomic E-state index is 0.0512. The molecule has 0 unspecified atom stereocenters. The lowest BCUT2D eigenvalue weighted by Crippen LogP contribution is -2.08. The van der Waals surface area contributed by atoms with Crippen molar-refractivity contribution < 1.29 is 18.3 Å². The van der Waals surface area contributed by atoms with E-state index in [0.29, 0.717) is 0 Å². The van der Waals surface area contributed by atoms with Crippen LogP contribution in [-0.4, -0.2) is 5.97 Å². The first-order valence-corrected chi connectivity index (χ1v) is 5.93. The fraction of sp³-hybridized carbons (Fsp3) is 0.0625. The highest BCUT2D eigenvalue weighted by atomic mass is 19.1. The van der Waals surface area contributed by atoms with Crippen molar-refractivity contribution >= 4 is 11.5 Å². The zero-order valence-corrected chi connectivity index (χ0v) is 10.6. The van der Waals surface area contributed by atoms with Gasteiger partial charge in [-0.25, -0.2) is 13.6 Å². The van der Waals surface area contributed by atoms with E-state index >= 15 is 0 Å². The molecule has 0 spiro atoms. The summed E-state index contributed by atoms with van der Waals surface area (Å²) in [7, 11) is 0. The van der Waals surface area contributed by atoms with Gasteiger partial charge in [-0.2, -0.15) is 0 Å². The summed E-state index contributed by atoms with van der Waals surface area (Å²) in [6.45, 7) is 3.51. The molecule has 0 aliphatic carbocycles. The van der Waals surface area contributed by atoms with Gasteiger partial charge in [-0.3, -0.25) is 0 Å². The Kier molecular flexibility index (Phi) is 4.25. The molecule has 0 radical (unpaired) electrons. The van der Waals surface area contributed by atoms with Gasteiger partial charge < -0.3 is 4.74 Å². The summed E-state index contributed by atoms with van der Waals surface area (Å²) in [6, 6.07) is 11.9. The van der Waals surface area contributed by atoms with Crippen LogP contribution in [0.3, 0.4) is 0 Å². The minimum Gasteiger partial charge on any atom is -0.457 e. The summed E-state index contributed by atoms with van der Waals surface area (Å²) in [5.74, 6) is -2.13. The number of hydrogen-bond acceptors (Lipinski definition) is 2. The van der Waals surface area contributed by atoms with E-state index in [9.17, 15) is 13.6 Å². The van der Waals surface area contributed by atoms with E-state index in [0.717, 1.165) is 23.8 Å². The van der Waals surface area contributed by atoms with Crippen LogP contribution in [0.5, 0.6) is 0 Å². The van der Waals surface area contributed by atoms with Gasteiger partial charge in [0.2, 0.25) is 0 Å². The number of halogens is 2. The van der Waals surface area contributed by atoms with Crippen LogP contribution in [0.1, 0.15) is 11.1 Å². The molecule has 0 aliphatic rings. The Morgan fingerprint density at radius 2 is 1.80 bits per heavy atom. The second-order valence-corrected chi connectivity index (χ2v) is 4.16. The Balaban J connectivity index is 2.06. The molecule has 0 aliphatic heterocycles. The van der Waals surface area contributed by atoms with Crippen molar-refractivity contribution in [2.24, 2.45) is 0 Å². The van der Waals surface area contributed by atoms with Crippen molar-refractivity contribution in [2.45, 2.75) is 6.61 Å². The van der Waals surface area contributed by atoms with Gasteiger partial charge in [0.15, 0.2) is 0 Å². The Bertz CT molecular complexity index is 636. The highest BCUT2D eigenvalue weighted by molar-refractivity contribution is 6.15. The molecule has 4 heteroatoms. The Labute approximate surface area is 115 Å². The molecule has 2 aromatic rings. The third kappa shape index (κ3) is 3.29. The van der Waals surface area contributed by atoms with Crippen molar-refractivity contribution in [2.75, 3.05) is 0 Å². The average molecular weight is 274 g/mol. The van der Waals surface area contributed by atoms with Gasteiger partial charge in [-0.1, -0.05) is 36.9 Å². The number of benzene rings is 2. The topological polar surface area (TPSA) is 26.3 Å². The van der Waals surface area contributed by atoms with Crippen LogP contribution in [0.4, 0.5) is 8.78 Å². The van der Waals surface area contributed by atoms with Crippen LogP contribution in [-0.2, 0) is 16.1 Å². The molecular weight excluding hydrogens is 262 g/mol. The molecule has 2 aromatic carbocycles. The number of ether oxygens (including phenoxy) is 1. The number of rotatable bonds is 4. The molecule has 0 aromatic heterocycles. The zero-order chi connectivity index (χ0) is 14.5. The summed E-state index contributed by atoms with van der Waals surface area (Å²) < 4.78 is 31.6. The normalized spacial score (nSPS) is 10.1. The molecule has 0 N–H and O–H groups in total. The minimum atomic E-state index is -0.779. The summed E-state index contributed by atoms with van der Waals surface area (Å²) >= 11 is 0. The molecule has 20 heavy (non-hydrogen) atoms. The first-order chi connectivity index (χ1) is 9.58. The second kappa shape index (κ2) is 6.10. The molecule has 0 amide bonds. The van der Waals surface area contributed by atoms with E-state index in [2.05, 4.69) is 6.58 Å². The van der Waals surface area contributed by atoms with Gasteiger partial charge >= 0.3 is 5.97 Å². The van der Waals surface area contributed by atoms with E-state index in [1.165, 1.54) is 0 Å². The van der Waals surface area contributed by atoms with Crippen LogP contribution < -0.4 is 0 Å². The third-order valence-electron chi connectivity index (χ3n) is 2.71. The van der Waals surface area contributed by atoms with E-state index < -0.39 is 17.6 Å². The lowest BCUT2D eigenvalue weighted by Gasteiger charge is -2.08. The number of carbonyl (C=O) groups is 1. The van der Waals surface area contributed by atoms with Crippen molar-refractivity contribution in [1.29, 1.82) is 0 Å². The smallest absolute Gasteiger partial charge is 0.338 e. The predicted octanol–water partition coefficient (Wildman–Crippen LogP) is 3.72. The highest BCUT2D eigenvalue weighted by Crippen LogP contribution is 2.19. The summed E-state index contributed by atoms with van der Waals surface area (Å²) in [6.07, 6.45) is 0. The lowest BCUT2D eigenvalue weighted by molar-refractivity contribution is -0.137. The molecule has 0 saturated heterocycles. The summed E-state index contributed by atoms with van der Waals surface area (Å²) in [4.78, 5) is 11.8. The average Bonchev–Trinajstić information content (AvgIpc) is 2.47. The molecular formula is C16H12F2O2. The largest absolute Gasteiger partial charge is 0.457 e. The maximum atomic E-state index is 13.5. The van der Waals surface area contributed by atoms with Crippen LogP contribution >= 0.6 is 0 Å². The van der Waals surface area contributed by atoms with Gasteiger partial charge in [0.05, 0.1) is 5.57 Å². The quantitative estimate of drug-likeness (QED) is 0.627. The first-order valence-electron chi connectivity index (χ1n) is 5.93. The van der Waals surface area contributed by atoms with Gasteiger partial charge in [0.25, 0.3) is 0 Å². The molecule has 0 fully saturated rings. The Hall–Kier alpha value is -2.49. The van der Waals surface area contributed by atoms with Crippen LogP contribution in [0.25, 0.3) is 5.57 Å². The molecule has 0 bridgehead atoms. The second-order valence-electron chi connectivity index (χ2n) is 4.16. The summed E-state index contributed by atoms with van der Waals surface area (Å²) in [5.41, 5.74) is 0.398. The van der Waals surface area contributed by atoms with E-state index in [-0.39, 0.29) is 17.7 Å². The van der Waals surface area contributed by atoms with Crippen LogP contribution in [0.15, 0.2) is 55.1 Å². The van der Waals surface area contributed by atoms with Crippen molar-refractivity contribution in [3.63, 3.8) is 0 Å². The zero-order valence-electron chi connectivity index (χ0n) is 10.6. The van der Waals surface area contributed by atoms with Gasteiger partial charge in [-0.05, 0) is 23.8 Å². The predicted molar refractivity (Wildman–Crippen MR) is 71.6 cm³/mol. The van der Waals surface area contributed by atoms with E-state index in [4.69, 9.17) is 4.74 Å². The fourth-order valence-electron chi connectivity index (χ4n) is 1.65. The van der Waals surface area contributed by atoms with Crippen molar-refractivity contribution in [1.82, 2.24) is 0 Å². The fourth-order valence-corrected chi connectivity index (χ4v) is 1.65. The molecule has 0 heterocycles. The monoisotopic (exact) mass is 274 g/mol. The molecule has 2 rings (SSSR count). The van der Waals surface area contributed by atoms with E-state index in [1.54, 1.807) is 12.1 Å². The van der Waals surface area contributed by atoms with Gasteiger partial charge in [-0.15, -0.1) is 0 Å². The Morgan fingerprint density at radius 1 is 1.10 bits per heavy atom. The maximum Gasteiger partial charge on any atom is 0.338 e. The number of carbonyl (C=O) groups excluding carboxylic acids is 1. The number of esters is 1. The summed E-state index contributed by atoms with van der Waals surface area (Å²) in [5, 5.41) is 0. The molecule has 102 valence electrons. The Morgan fingerprint density at radius 3 is 2.50 bits per heavy atom. The van der Waals surface area contributed by atoms with Gasteiger partial charge in [0, 0.05) is 5.56 Å². The SMILES string of the molecule is C=C(C(=O)OCc1ccccc1)c1cc(F)ccc1F. The van der Waals surface area contributed by atoms with Crippen molar-refractivity contribution in [3.8, 4) is 0 Å². The van der Waals surface area contributed by atoms with Crippen molar-refractivity contribution in [3.05, 3.63) is 77.9 Å². The highest BCUT2D eigenvalue weighted by Gasteiger charge is 2.16. The first kappa shape index (κ1) is 13.9.